The highest BCUT2D eigenvalue weighted by molar-refractivity contribution is 5.92. The first kappa shape index (κ1) is 14.6. The van der Waals surface area contributed by atoms with Crippen LogP contribution in [0, 0.1) is 6.92 Å². The molecular weight excluding hydrogens is 232 g/mol. The zero-order valence-electron chi connectivity index (χ0n) is 10.7. The van der Waals surface area contributed by atoms with Gasteiger partial charge in [-0.15, -0.1) is 0 Å². The molecule has 4 N–H and O–H groups in total. The number of carbonyl (C=O) groups excluding carboxylic acids is 1. The fraction of sp³-hybridized carbons (Fsp3) is 0.462. The maximum absolute atomic E-state index is 11.7. The Morgan fingerprint density at radius 3 is 2.44 bits per heavy atom. The number of nitrogens with one attached hydrogen (secondary N) is 2. The van der Waals surface area contributed by atoms with Crippen LogP contribution in [0.4, 0.5) is 5.69 Å². The highest BCUT2D eigenvalue weighted by Gasteiger charge is 2.22. The summed E-state index contributed by atoms with van der Waals surface area (Å²) in [6.45, 7) is 3.12. The molecule has 0 aliphatic heterocycles. The van der Waals surface area contributed by atoms with Crippen molar-refractivity contribution in [3.05, 3.63) is 29.8 Å². The average Bonchev–Trinajstić information content (AvgIpc) is 2.39. The van der Waals surface area contributed by atoms with E-state index in [9.17, 15) is 4.79 Å². The van der Waals surface area contributed by atoms with E-state index in [0.29, 0.717) is 0 Å². The van der Waals surface area contributed by atoms with E-state index < -0.39 is 5.54 Å². The van der Waals surface area contributed by atoms with Gasteiger partial charge in [-0.25, -0.2) is 0 Å². The van der Waals surface area contributed by atoms with Gasteiger partial charge in [0.25, 0.3) is 0 Å². The van der Waals surface area contributed by atoms with E-state index in [1.807, 2.05) is 31.2 Å². The van der Waals surface area contributed by atoms with Crippen molar-refractivity contribution in [2.45, 2.75) is 19.4 Å². The second-order valence-corrected chi connectivity index (χ2v) is 4.59. The Hall–Kier alpha value is -1.43. The average molecular weight is 252 g/mol. The van der Waals surface area contributed by atoms with Crippen molar-refractivity contribution in [3.8, 4) is 0 Å². The van der Waals surface area contributed by atoms with Crippen LogP contribution in [-0.2, 0) is 4.79 Å². The number of benzene rings is 1. The maximum Gasteiger partial charge on any atom is 0.238 e. The van der Waals surface area contributed by atoms with Gasteiger partial charge in [-0.1, -0.05) is 18.2 Å². The van der Waals surface area contributed by atoms with Crippen LogP contribution >= 0.6 is 0 Å². The number of rotatable bonds is 6. The predicted octanol–water partition coefficient (Wildman–Crippen LogP) is 0.266. The van der Waals surface area contributed by atoms with Crippen molar-refractivity contribution >= 4 is 11.6 Å². The predicted molar refractivity (Wildman–Crippen MR) is 70.4 cm³/mol. The summed E-state index contributed by atoms with van der Waals surface area (Å²) in [6, 6.07) is 7.48. The van der Waals surface area contributed by atoms with E-state index in [-0.39, 0.29) is 25.7 Å². The molecule has 0 saturated carbocycles. The molecule has 0 bridgehead atoms. The van der Waals surface area contributed by atoms with E-state index >= 15 is 0 Å². The standard InChI is InChI=1S/C13H20N2O3/c1-10-5-3-4-6-11(10)15-12(18)7-14-13(2,8-16)9-17/h3-6,14,16-17H,7-9H2,1-2H3,(H,15,18). The van der Waals surface area contributed by atoms with Crippen LogP contribution < -0.4 is 10.6 Å². The van der Waals surface area contributed by atoms with Gasteiger partial charge in [0, 0.05) is 5.69 Å². The molecule has 0 aliphatic rings. The van der Waals surface area contributed by atoms with E-state index in [1.54, 1.807) is 6.92 Å². The number of carbonyl (C=O) groups is 1. The Morgan fingerprint density at radius 2 is 1.89 bits per heavy atom. The third kappa shape index (κ3) is 4.10. The van der Waals surface area contributed by atoms with Crippen molar-refractivity contribution in [2.75, 3.05) is 25.1 Å². The highest BCUT2D eigenvalue weighted by atomic mass is 16.3. The smallest absolute Gasteiger partial charge is 0.238 e. The molecule has 0 radical (unpaired) electrons. The first-order chi connectivity index (χ1) is 8.50. The molecule has 0 heterocycles. The minimum Gasteiger partial charge on any atom is -0.394 e. The van der Waals surface area contributed by atoms with Crippen molar-refractivity contribution in [1.29, 1.82) is 0 Å². The molecule has 0 atom stereocenters. The van der Waals surface area contributed by atoms with Gasteiger partial charge in [0.1, 0.15) is 0 Å². The van der Waals surface area contributed by atoms with Gasteiger partial charge in [0.2, 0.25) is 5.91 Å². The zero-order valence-corrected chi connectivity index (χ0v) is 10.7. The first-order valence-corrected chi connectivity index (χ1v) is 5.83. The number of amides is 1. The summed E-state index contributed by atoms with van der Waals surface area (Å²) in [7, 11) is 0. The van der Waals surface area contributed by atoms with Gasteiger partial charge < -0.3 is 15.5 Å². The summed E-state index contributed by atoms with van der Waals surface area (Å²) < 4.78 is 0. The second kappa shape index (κ2) is 6.49. The quantitative estimate of drug-likeness (QED) is 0.585. The molecule has 5 heteroatoms. The molecule has 5 nitrogen and oxygen atoms in total. The number of aliphatic hydroxyl groups excluding tert-OH is 2. The third-order valence-electron chi connectivity index (χ3n) is 2.79. The first-order valence-electron chi connectivity index (χ1n) is 5.83. The zero-order chi connectivity index (χ0) is 13.6. The van der Waals surface area contributed by atoms with Gasteiger partial charge in [-0.3, -0.25) is 10.1 Å². The third-order valence-corrected chi connectivity index (χ3v) is 2.79. The lowest BCUT2D eigenvalue weighted by molar-refractivity contribution is -0.115. The lowest BCUT2D eigenvalue weighted by Gasteiger charge is -2.25. The molecule has 0 spiro atoms. The van der Waals surface area contributed by atoms with Crippen molar-refractivity contribution < 1.29 is 15.0 Å². The summed E-state index contributed by atoms with van der Waals surface area (Å²) >= 11 is 0. The fourth-order valence-corrected chi connectivity index (χ4v) is 1.36. The Morgan fingerprint density at radius 1 is 1.28 bits per heavy atom. The summed E-state index contributed by atoms with van der Waals surface area (Å²) in [4.78, 5) is 11.7. The number of aryl methyl sites for hydroxylation is 1. The minimum absolute atomic E-state index is 0.0337. The second-order valence-electron chi connectivity index (χ2n) is 4.59. The number of aliphatic hydroxyl groups is 2. The van der Waals surface area contributed by atoms with Crippen LogP contribution in [0.25, 0.3) is 0 Å². The molecule has 0 aliphatic carbocycles. The van der Waals surface area contributed by atoms with E-state index in [2.05, 4.69) is 10.6 Å². The maximum atomic E-state index is 11.7. The SMILES string of the molecule is Cc1ccccc1NC(=O)CNC(C)(CO)CO. The van der Waals surface area contributed by atoms with Crippen LogP contribution in [0.3, 0.4) is 0 Å². The van der Waals surface area contributed by atoms with Crippen LogP contribution in [-0.4, -0.2) is 41.4 Å². The number of hydrogen-bond acceptors (Lipinski definition) is 4. The van der Waals surface area contributed by atoms with Crippen molar-refractivity contribution in [3.63, 3.8) is 0 Å². The van der Waals surface area contributed by atoms with Crippen LogP contribution in [0.2, 0.25) is 0 Å². The molecule has 0 saturated heterocycles. The fourth-order valence-electron chi connectivity index (χ4n) is 1.36. The van der Waals surface area contributed by atoms with E-state index in [0.717, 1.165) is 11.3 Å². The summed E-state index contributed by atoms with van der Waals surface area (Å²) in [5.74, 6) is -0.211. The summed E-state index contributed by atoms with van der Waals surface area (Å²) in [5, 5.41) is 23.7. The molecule has 100 valence electrons. The molecule has 0 fully saturated rings. The Labute approximate surface area is 107 Å². The lowest BCUT2D eigenvalue weighted by Crippen LogP contribution is -2.51. The van der Waals surface area contributed by atoms with Gasteiger partial charge in [0.15, 0.2) is 0 Å². The van der Waals surface area contributed by atoms with E-state index in [1.165, 1.54) is 0 Å². The Bertz CT molecular complexity index is 403. The van der Waals surface area contributed by atoms with Gasteiger partial charge in [0.05, 0.1) is 25.3 Å². The lowest BCUT2D eigenvalue weighted by atomic mass is 10.1. The molecular formula is C13H20N2O3. The van der Waals surface area contributed by atoms with Crippen LogP contribution in [0.15, 0.2) is 24.3 Å². The Balaban J connectivity index is 2.50. The van der Waals surface area contributed by atoms with Crippen molar-refractivity contribution in [1.82, 2.24) is 5.32 Å². The molecule has 0 unspecified atom stereocenters. The molecule has 1 rings (SSSR count). The largest absolute Gasteiger partial charge is 0.394 e. The number of hydrogen-bond donors (Lipinski definition) is 4. The van der Waals surface area contributed by atoms with E-state index in [4.69, 9.17) is 10.2 Å². The monoisotopic (exact) mass is 252 g/mol. The Kier molecular flexibility index (Phi) is 5.27. The van der Waals surface area contributed by atoms with Crippen LogP contribution in [0.5, 0.6) is 0 Å². The normalized spacial score (nSPS) is 11.3. The number of para-hydroxylation sites is 1. The molecule has 1 amide bonds. The summed E-state index contributed by atoms with van der Waals surface area (Å²) in [6.07, 6.45) is 0. The van der Waals surface area contributed by atoms with Crippen LogP contribution in [0.1, 0.15) is 12.5 Å². The van der Waals surface area contributed by atoms with Gasteiger partial charge in [-0.2, -0.15) is 0 Å². The van der Waals surface area contributed by atoms with Gasteiger partial charge >= 0.3 is 0 Å². The minimum atomic E-state index is -0.844. The molecule has 1 aromatic rings. The highest BCUT2D eigenvalue weighted by Crippen LogP contribution is 2.12. The topological polar surface area (TPSA) is 81.6 Å². The molecule has 0 aromatic heterocycles. The molecule has 1 aromatic carbocycles. The molecule has 18 heavy (non-hydrogen) atoms. The number of anilines is 1. The van der Waals surface area contributed by atoms with Crippen molar-refractivity contribution in [2.24, 2.45) is 0 Å². The van der Waals surface area contributed by atoms with Gasteiger partial charge in [-0.05, 0) is 25.5 Å². The summed E-state index contributed by atoms with van der Waals surface area (Å²) in [5.41, 5.74) is 0.903.